The number of aromatic nitrogens is 2. The van der Waals surface area contributed by atoms with Crippen molar-refractivity contribution in [3.63, 3.8) is 0 Å². The molecule has 1 rings (SSSR count). The van der Waals surface area contributed by atoms with Crippen molar-refractivity contribution in [3.05, 3.63) is 23.2 Å². The SMILES string of the molecule is C=CCC(O)c1snnc1C(C)C. The zero-order valence-electron chi connectivity index (χ0n) is 7.90. The molecule has 0 radical (unpaired) electrons. The largest absolute Gasteiger partial charge is 0.387 e. The zero-order valence-corrected chi connectivity index (χ0v) is 8.71. The van der Waals surface area contributed by atoms with Crippen molar-refractivity contribution in [2.45, 2.75) is 32.3 Å². The second kappa shape index (κ2) is 4.48. The second-order valence-corrected chi connectivity index (χ2v) is 4.00. The fourth-order valence-electron chi connectivity index (χ4n) is 1.10. The molecular formula is C9H14N2OS. The smallest absolute Gasteiger partial charge is 0.0951 e. The summed E-state index contributed by atoms with van der Waals surface area (Å²) < 4.78 is 3.84. The number of rotatable bonds is 4. The van der Waals surface area contributed by atoms with Crippen molar-refractivity contribution in [1.29, 1.82) is 0 Å². The van der Waals surface area contributed by atoms with E-state index in [9.17, 15) is 5.11 Å². The van der Waals surface area contributed by atoms with E-state index < -0.39 is 6.10 Å². The minimum atomic E-state index is -0.491. The monoisotopic (exact) mass is 198 g/mol. The molecule has 0 aliphatic heterocycles. The second-order valence-electron chi connectivity index (χ2n) is 3.22. The van der Waals surface area contributed by atoms with Gasteiger partial charge in [-0.3, -0.25) is 0 Å². The average molecular weight is 198 g/mol. The lowest BCUT2D eigenvalue weighted by molar-refractivity contribution is 0.184. The summed E-state index contributed by atoms with van der Waals surface area (Å²) in [7, 11) is 0. The van der Waals surface area contributed by atoms with Gasteiger partial charge in [0.2, 0.25) is 0 Å². The van der Waals surface area contributed by atoms with E-state index in [1.165, 1.54) is 11.5 Å². The first-order valence-corrected chi connectivity index (χ1v) is 5.05. The van der Waals surface area contributed by atoms with Gasteiger partial charge in [-0.25, -0.2) is 0 Å². The summed E-state index contributed by atoms with van der Waals surface area (Å²) in [6.07, 6.45) is 1.77. The van der Waals surface area contributed by atoms with Crippen LogP contribution >= 0.6 is 11.5 Å². The van der Waals surface area contributed by atoms with E-state index in [4.69, 9.17) is 0 Å². The summed E-state index contributed by atoms with van der Waals surface area (Å²) in [6.45, 7) is 7.67. The molecule has 0 aromatic carbocycles. The summed E-state index contributed by atoms with van der Waals surface area (Å²) in [4.78, 5) is 0.870. The van der Waals surface area contributed by atoms with Gasteiger partial charge in [0.1, 0.15) is 0 Å². The summed E-state index contributed by atoms with van der Waals surface area (Å²) in [5.41, 5.74) is 0.902. The molecule has 3 nitrogen and oxygen atoms in total. The number of hydrogen-bond acceptors (Lipinski definition) is 4. The van der Waals surface area contributed by atoms with Crippen LogP contribution in [-0.2, 0) is 0 Å². The number of aliphatic hydroxyl groups is 1. The molecule has 0 aliphatic rings. The van der Waals surface area contributed by atoms with Crippen LogP contribution in [0.2, 0.25) is 0 Å². The van der Waals surface area contributed by atoms with Crippen molar-refractivity contribution in [1.82, 2.24) is 9.59 Å². The van der Waals surface area contributed by atoms with Gasteiger partial charge in [-0.05, 0) is 23.9 Å². The van der Waals surface area contributed by atoms with Gasteiger partial charge in [-0.2, -0.15) is 0 Å². The molecule has 1 aromatic rings. The Hall–Kier alpha value is -0.740. The minimum absolute atomic E-state index is 0.313. The highest BCUT2D eigenvalue weighted by Gasteiger charge is 2.17. The standard InChI is InChI=1S/C9H14N2OS/c1-4-5-7(12)9-8(6(2)3)10-11-13-9/h4,6-7,12H,1,5H2,2-3H3. The van der Waals surface area contributed by atoms with Crippen molar-refractivity contribution in [3.8, 4) is 0 Å². The van der Waals surface area contributed by atoms with Gasteiger partial charge in [-0.15, -0.1) is 11.7 Å². The predicted molar refractivity (Wildman–Crippen MR) is 53.8 cm³/mol. The highest BCUT2D eigenvalue weighted by Crippen LogP contribution is 2.27. The molecule has 0 amide bonds. The van der Waals surface area contributed by atoms with E-state index in [2.05, 4.69) is 16.2 Å². The molecule has 0 aliphatic carbocycles. The molecule has 0 saturated carbocycles. The van der Waals surface area contributed by atoms with Gasteiger partial charge in [0.15, 0.2) is 0 Å². The van der Waals surface area contributed by atoms with E-state index >= 15 is 0 Å². The van der Waals surface area contributed by atoms with Gasteiger partial charge in [0, 0.05) is 0 Å². The Labute approximate surface area is 82.3 Å². The van der Waals surface area contributed by atoms with Crippen LogP contribution in [0.4, 0.5) is 0 Å². The minimum Gasteiger partial charge on any atom is -0.387 e. The zero-order chi connectivity index (χ0) is 9.84. The van der Waals surface area contributed by atoms with Crippen LogP contribution in [0.5, 0.6) is 0 Å². The van der Waals surface area contributed by atoms with Crippen molar-refractivity contribution in [2.75, 3.05) is 0 Å². The number of nitrogens with zero attached hydrogens (tertiary/aromatic N) is 2. The summed E-state index contributed by atoms with van der Waals surface area (Å²) in [5.74, 6) is 0.313. The third-order valence-corrected chi connectivity index (χ3v) is 2.62. The van der Waals surface area contributed by atoms with E-state index in [0.717, 1.165) is 10.6 Å². The lowest BCUT2D eigenvalue weighted by atomic mass is 10.1. The lowest BCUT2D eigenvalue weighted by Crippen LogP contribution is -1.99. The van der Waals surface area contributed by atoms with Crippen LogP contribution in [0.1, 0.15) is 42.9 Å². The molecule has 1 unspecified atom stereocenters. The fourth-order valence-corrected chi connectivity index (χ4v) is 1.91. The van der Waals surface area contributed by atoms with Crippen LogP contribution in [0.25, 0.3) is 0 Å². The van der Waals surface area contributed by atoms with Crippen LogP contribution < -0.4 is 0 Å². The van der Waals surface area contributed by atoms with E-state index in [1.54, 1.807) is 6.08 Å². The number of hydrogen-bond donors (Lipinski definition) is 1. The summed E-state index contributed by atoms with van der Waals surface area (Å²) >= 11 is 1.27. The van der Waals surface area contributed by atoms with Crippen LogP contribution in [0, 0.1) is 0 Å². The Morgan fingerprint density at radius 1 is 1.62 bits per heavy atom. The predicted octanol–water partition coefficient (Wildman–Crippen LogP) is 2.27. The molecule has 1 N–H and O–H groups in total. The third-order valence-electron chi connectivity index (χ3n) is 1.78. The molecule has 4 heteroatoms. The van der Waals surface area contributed by atoms with Crippen molar-refractivity contribution < 1.29 is 5.11 Å². The Morgan fingerprint density at radius 3 is 2.85 bits per heavy atom. The number of aliphatic hydroxyl groups excluding tert-OH is 1. The molecule has 0 fully saturated rings. The molecule has 1 heterocycles. The van der Waals surface area contributed by atoms with Crippen LogP contribution in [-0.4, -0.2) is 14.7 Å². The topological polar surface area (TPSA) is 46.0 Å². The Kier molecular flexibility index (Phi) is 3.57. The maximum Gasteiger partial charge on any atom is 0.0951 e. The highest BCUT2D eigenvalue weighted by atomic mass is 32.1. The first-order chi connectivity index (χ1) is 6.16. The van der Waals surface area contributed by atoms with E-state index in [-0.39, 0.29) is 0 Å². The van der Waals surface area contributed by atoms with Crippen LogP contribution in [0.3, 0.4) is 0 Å². The van der Waals surface area contributed by atoms with Gasteiger partial charge in [-0.1, -0.05) is 24.4 Å². The normalized spacial score (nSPS) is 13.2. The third kappa shape index (κ3) is 2.35. The van der Waals surface area contributed by atoms with Gasteiger partial charge >= 0.3 is 0 Å². The molecule has 1 aromatic heterocycles. The Morgan fingerprint density at radius 2 is 2.31 bits per heavy atom. The first kappa shape index (κ1) is 10.3. The summed E-state index contributed by atoms with van der Waals surface area (Å²) in [5, 5.41) is 13.7. The Bertz CT molecular complexity index is 283. The highest BCUT2D eigenvalue weighted by molar-refractivity contribution is 7.05. The maximum absolute atomic E-state index is 9.70. The Balaban J connectivity index is 2.86. The quantitative estimate of drug-likeness (QED) is 0.755. The lowest BCUT2D eigenvalue weighted by Gasteiger charge is -2.08. The van der Waals surface area contributed by atoms with E-state index in [0.29, 0.717) is 12.3 Å². The van der Waals surface area contributed by atoms with Gasteiger partial charge in [0.05, 0.1) is 16.7 Å². The molecule has 0 bridgehead atoms. The fraction of sp³-hybridized carbons (Fsp3) is 0.556. The van der Waals surface area contributed by atoms with Crippen molar-refractivity contribution in [2.24, 2.45) is 0 Å². The van der Waals surface area contributed by atoms with Crippen molar-refractivity contribution >= 4 is 11.5 Å². The summed E-state index contributed by atoms with van der Waals surface area (Å²) in [6, 6.07) is 0. The average Bonchev–Trinajstić information content (AvgIpc) is 2.52. The molecule has 72 valence electrons. The molecule has 1 atom stereocenters. The van der Waals surface area contributed by atoms with E-state index in [1.807, 2.05) is 13.8 Å². The molecule has 0 spiro atoms. The molecular weight excluding hydrogens is 184 g/mol. The van der Waals surface area contributed by atoms with Gasteiger partial charge < -0.3 is 5.11 Å². The van der Waals surface area contributed by atoms with Gasteiger partial charge in [0.25, 0.3) is 0 Å². The molecule has 0 saturated heterocycles. The maximum atomic E-state index is 9.70. The first-order valence-electron chi connectivity index (χ1n) is 4.28. The molecule has 13 heavy (non-hydrogen) atoms. The van der Waals surface area contributed by atoms with Crippen LogP contribution in [0.15, 0.2) is 12.7 Å².